The second-order valence-corrected chi connectivity index (χ2v) is 4.07. The van der Waals surface area contributed by atoms with Gasteiger partial charge in [-0.2, -0.15) is 9.97 Å². The zero-order chi connectivity index (χ0) is 13.3. The summed E-state index contributed by atoms with van der Waals surface area (Å²) < 4.78 is 15.2. The molecule has 0 aliphatic rings. The van der Waals surface area contributed by atoms with Crippen LogP contribution in [-0.2, 0) is 0 Å². The fraction of sp³-hybridized carbons (Fsp3) is 0.417. The highest BCUT2D eigenvalue weighted by atomic mass is 16.5. The molecule has 0 saturated heterocycles. The Bertz CT molecular complexity index is 634. The molecule has 0 amide bonds. The number of fused-ring (bicyclic) bond motifs is 1. The molecule has 96 valence electrons. The van der Waals surface area contributed by atoms with Gasteiger partial charge in [-0.3, -0.25) is 0 Å². The van der Waals surface area contributed by atoms with Crippen molar-refractivity contribution in [3.8, 4) is 11.9 Å². The van der Waals surface area contributed by atoms with E-state index in [1.54, 1.807) is 6.07 Å². The minimum Gasteiger partial charge on any atom is -0.480 e. The maximum absolute atomic E-state index is 11.9. The summed E-state index contributed by atoms with van der Waals surface area (Å²) in [4.78, 5) is 20.0. The standard InChI is InChI=1S/C12H14N2O4/c1-6(2)8-5-7-9(11(15)18-8)10(16-3)14-12(13-7)17-4/h5-6H,1-4H3. The number of methoxy groups -OCH3 is 2. The average Bonchev–Trinajstić information content (AvgIpc) is 2.36. The normalized spacial score (nSPS) is 10.9. The van der Waals surface area contributed by atoms with Gasteiger partial charge in [0.15, 0.2) is 0 Å². The van der Waals surface area contributed by atoms with Crippen molar-refractivity contribution in [2.24, 2.45) is 0 Å². The molecule has 2 aromatic heterocycles. The largest absolute Gasteiger partial charge is 0.480 e. The maximum atomic E-state index is 11.9. The van der Waals surface area contributed by atoms with Crippen LogP contribution in [0, 0.1) is 0 Å². The van der Waals surface area contributed by atoms with Gasteiger partial charge in [0.1, 0.15) is 11.1 Å². The maximum Gasteiger partial charge on any atom is 0.351 e. The van der Waals surface area contributed by atoms with Crippen molar-refractivity contribution >= 4 is 10.9 Å². The molecule has 0 radical (unpaired) electrons. The van der Waals surface area contributed by atoms with Gasteiger partial charge in [-0.25, -0.2) is 4.79 Å². The van der Waals surface area contributed by atoms with E-state index in [1.807, 2.05) is 13.8 Å². The molecule has 6 heteroatoms. The van der Waals surface area contributed by atoms with Crippen molar-refractivity contribution in [2.75, 3.05) is 14.2 Å². The lowest BCUT2D eigenvalue weighted by atomic mass is 10.1. The van der Waals surface area contributed by atoms with Gasteiger partial charge < -0.3 is 13.9 Å². The number of hydrogen-bond acceptors (Lipinski definition) is 6. The van der Waals surface area contributed by atoms with Crippen molar-refractivity contribution in [3.63, 3.8) is 0 Å². The third-order valence-electron chi connectivity index (χ3n) is 2.52. The predicted octanol–water partition coefficient (Wildman–Crippen LogP) is 1.72. The predicted molar refractivity (Wildman–Crippen MR) is 65.3 cm³/mol. The average molecular weight is 250 g/mol. The quantitative estimate of drug-likeness (QED) is 0.825. The van der Waals surface area contributed by atoms with Crippen LogP contribution in [0.25, 0.3) is 10.9 Å². The molecule has 0 atom stereocenters. The van der Waals surface area contributed by atoms with Gasteiger partial charge in [0.05, 0.1) is 19.7 Å². The molecule has 2 heterocycles. The van der Waals surface area contributed by atoms with Crippen LogP contribution >= 0.6 is 0 Å². The van der Waals surface area contributed by atoms with E-state index in [9.17, 15) is 4.79 Å². The first-order valence-electron chi connectivity index (χ1n) is 5.50. The first-order valence-corrected chi connectivity index (χ1v) is 5.50. The van der Waals surface area contributed by atoms with Crippen molar-refractivity contribution in [1.82, 2.24) is 9.97 Å². The number of hydrogen-bond donors (Lipinski definition) is 0. The Morgan fingerprint density at radius 3 is 2.50 bits per heavy atom. The molecule has 0 N–H and O–H groups in total. The van der Waals surface area contributed by atoms with E-state index >= 15 is 0 Å². The third-order valence-corrected chi connectivity index (χ3v) is 2.52. The Morgan fingerprint density at radius 1 is 1.22 bits per heavy atom. The van der Waals surface area contributed by atoms with Gasteiger partial charge in [0, 0.05) is 12.0 Å². The van der Waals surface area contributed by atoms with E-state index in [1.165, 1.54) is 14.2 Å². The Kier molecular flexibility index (Phi) is 3.18. The van der Waals surface area contributed by atoms with Gasteiger partial charge >= 0.3 is 11.6 Å². The minimum absolute atomic E-state index is 0.0917. The van der Waals surface area contributed by atoms with Crippen LogP contribution in [0.2, 0.25) is 0 Å². The molecule has 0 aliphatic heterocycles. The monoisotopic (exact) mass is 250 g/mol. The lowest BCUT2D eigenvalue weighted by Gasteiger charge is -2.08. The van der Waals surface area contributed by atoms with E-state index in [0.717, 1.165) is 0 Å². The number of aromatic nitrogens is 2. The summed E-state index contributed by atoms with van der Waals surface area (Å²) in [5, 5.41) is 0.225. The summed E-state index contributed by atoms with van der Waals surface area (Å²) in [5.41, 5.74) is -0.0469. The number of ether oxygens (including phenoxy) is 2. The van der Waals surface area contributed by atoms with Crippen LogP contribution in [0.1, 0.15) is 25.5 Å². The lowest BCUT2D eigenvalue weighted by molar-refractivity contribution is 0.354. The van der Waals surface area contributed by atoms with Crippen LogP contribution < -0.4 is 15.1 Å². The minimum atomic E-state index is -0.504. The van der Waals surface area contributed by atoms with Gasteiger partial charge in [-0.15, -0.1) is 0 Å². The fourth-order valence-electron chi connectivity index (χ4n) is 1.58. The van der Waals surface area contributed by atoms with Gasteiger partial charge in [0.25, 0.3) is 0 Å². The highest BCUT2D eigenvalue weighted by Crippen LogP contribution is 2.24. The first kappa shape index (κ1) is 12.3. The van der Waals surface area contributed by atoms with E-state index in [-0.39, 0.29) is 23.2 Å². The molecule has 18 heavy (non-hydrogen) atoms. The molecule has 0 aromatic carbocycles. The van der Waals surface area contributed by atoms with E-state index in [0.29, 0.717) is 11.3 Å². The summed E-state index contributed by atoms with van der Waals surface area (Å²) in [6, 6.07) is 1.85. The molecular weight excluding hydrogens is 236 g/mol. The fourth-order valence-corrected chi connectivity index (χ4v) is 1.58. The molecule has 6 nitrogen and oxygen atoms in total. The summed E-state index contributed by atoms with van der Waals surface area (Å²) in [5.74, 6) is 0.810. The van der Waals surface area contributed by atoms with Gasteiger partial charge in [0.2, 0.25) is 5.88 Å². The molecule has 0 unspecified atom stereocenters. The molecule has 2 aromatic rings. The first-order chi connectivity index (χ1) is 8.56. The van der Waals surface area contributed by atoms with Crippen molar-refractivity contribution < 1.29 is 13.9 Å². The Morgan fingerprint density at radius 2 is 1.94 bits per heavy atom. The Hall–Kier alpha value is -2.11. The molecule has 0 aliphatic carbocycles. The van der Waals surface area contributed by atoms with Gasteiger partial charge in [-0.1, -0.05) is 13.8 Å². The number of rotatable bonds is 3. The van der Waals surface area contributed by atoms with Crippen LogP contribution in [0.5, 0.6) is 11.9 Å². The van der Waals surface area contributed by atoms with Crippen molar-refractivity contribution in [1.29, 1.82) is 0 Å². The smallest absolute Gasteiger partial charge is 0.351 e. The van der Waals surface area contributed by atoms with Crippen LogP contribution in [0.4, 0.5) is 0 Å². The number of nitrogens with zero attached hydrogens (tertiary/aromatic N) is 2. The SMILES string of the molecule is COc1nc(OC)c2c(=O)oc(C(C)C)cc2n1. The molecule has 0 spiro atoms. The second-order valence-electron chi connectivity index (χ2n) is 4.07. The zero-order valence-electron chi connectivity index (χ0n) is 10.7. The highest BCUT2D eigenvalue weighted by molar-refractivity contribution is 5.82. The zero-order valence-corrected chi connectivity index (χ0v) is 10.7. The van der Waals surface area contributed by atoms with Gasteiger partial charge in [-0.05, 0) is 0 Å². The van der Waals surface area contributed by atoms with Crippen molar-refractivity contribution in [3.05, 3.63) is 22.2 Å². The van der Waals surface area contributed by atoms with Crippen LogP contribution in [0.15, 0.2) is 15.3 Å². The molecule has 0 fully saturated rings. The Labute approximate surface area is 104 Å². The van der Waals surface area contributed by atoms with E-state index in [2.05, 4.69) is 9.97 Å². The molecule has 2 rings (SSSR count). The highest BCUT2D eigenvalue weighted by Gasteiger charge is 2.16. The Balaban J connectivity index is 2.82. The summed E-state index contributed by atoms with van der Waals surface area (Å²) in [6.07, 6.45) is 0. The molecular formula is C12H14N2O4. The second kappa shape index (κ2) is 4.64. The molecule has 0 saturated carbocycles. The summed E-state index contributed by atoms with van der Waals surface area (Å²) >= 11 is 0. The third kappa shape index (κ3) is 2.01. The van der Waals surface area contributed by atoms with Crippen molar-refractivity contribution in [2.45, 2.75) is 19.8 Å². The summed E-state index contributed by atoms with van der Waals surface area (Å²) in [6.45, 7) is 3.86. The topological polar surface area (TPSA) is 74.5 Å². The molecule has 0 bridgehead atoms. The lowest BCUT2D eigenvalue weighted by Crippen LogP contribution is -2.08. The van der Waals surface area contributed by atoms with Crippen LogP contribution in [0.3, 0.4) is 0 Å². The van der Waals surface area contributed by atoms with Crippen LogP contribution in [-0.4, -0.2) is 24.2 Å². The summed E-state index contributed by atoms with van der Waals surface area (Å²) in [7, 11) is 2.88. The van der Waals surface area contributed by atoms with E-state index < -0.39 is 5.63 Å². The van der Waals surface area contributed by atoms with E-state index in [4.69, 9.17) is 13.9 Å².